The molecule has 0 spiro atoms. The second-order valence-corrected chi connectivity index (χ2v) is 5.52. The molecule has 7 heteroatoms. The number of carbonyl (C=O) groups is 1. The van der Waals surface area contributed by atoms with E-state index in [1.165, 1.54) is 0 Å². The molecule has 0 bridgehead atoms. The molecule has 3 aromatic heterocycles. The van der Waals surface area contributed by atoms with Crippen LogP contribution in [0.2, 0.25) is 0 Å². The predicted octanol–water partition coefficient (Wildman–Crippen LogP) is 2.49. The van der Waals surface area contributed by atoms with Crippen molar-refractivity contribution < 1.29 is 9.21 Å². The standard InChI is InChI=1S/C17H15N5O2/c1-22-10-12-5-4-11(7-13(12)21-22)9-18-17(23)15-8-14(19-20-15)16-3-2-6-24-16/h2-8,10H,9H2,1H3,(H,18,23)(H,19,20). The van der Waals surface area contributed by atoms with Crippen molar-refractivity contribution in [2.45, 2.75) is 6.54 Å². The summed E-state index contributed by atoms with van der Waals surface area (Å²) in [6, 6.07) is 11.2. The number of fused-ring (bicyclic) bond motifs is 1. The van der Waals surface area contributed by atoms with Crippen LogP contribution in [0.4, 0.5) is 0 Å². The monoisotopic (exact) mass is 321 g/mol. The van der Waals surface area contributed by atoms with Crippen LogP contribution in [0.1, 0.15) is 16.1 Å². The SMILES string of the molecule is Cn1cc2ccc(CNC(=O)c3cc(-c4ccco4)[nH]n3)cc2n1. The van der Waals surface area contributed by atoms with Crippen LogP contribution >= 0.6 is 0 Å². The Kier molecular flexibility index (Phi) is 3.38. The molecule has 3 heterocycles. The Morgan fingerprint density at radius 1 is 1.33 bits per heavy atom. The van der Waals surface area contributed by atoms with Crippen molar-refractivity contribution in [3.05, 3.63) is 60.1 Å². The third-order valence-corrected chi connectivity index (χ3v) is 3.74. The zero-order valence-corrected chi connectivity index (χ0v) is 13.0. The van der Waals surface area contributed by atoms with Gasteiger partial charge >= 0.3 is 0 Å². The largest absolute Gasteiger partial charge is 0.463 e. The van der Waals surface area contributed by atoms with Crippen LogP contribution in [0.5, 0.6) is 0 Å². The first-order valence-electron chi connectivity index (χ1n) is 7.49. The Hall–Kier alpha value is -3.35. The van der Waals surface area contributed by atoms with E-state index in [1.807, 2.05) is 31.4 Å². The fraction of sp³-hybridized carbons (Fsp3) is 0.118. The van der Waals surface area contributed by atoms with Gasteiger partial charge in [0.15, 0.2) is 11.5 Å². The highest BCUT2D eigenvalue weighted by molar-refractivity contribution is 5.93. The number of amides is 1. The first kappa shape index (κ1) is 14.3. The minimum absolute atomic E-state index is 0.245. The van der Waals surface area contributed by atoms with Crippen molar-refractivity contribution in [2.24, 2.45) is 7.05 Å². The van der Waals surface area contributed by atoms with Crippen molar-refractivity contribution in [1.29, 1.82) is 0 Å². The predicted molar refractivity (Wildman–Crippen MR) is 88.2 cm³/mol. The summed E-state index contributed by atoms with van der Waals surface area (Å²) in [5.74, 6) is 0.396. The first-order valence-corrected chi connectivity index (χ1v) is 7.49. The Morgan fingerprint density at radius 3 is 3.08 bits per heavy atom. The number of hydrogen-bond donors (Lipinski definition) is 2. The van der Waals surface area contributed by atoms with Gasteiger partial charge in [-0.3, -0.25) is 14.6 Å². The summed E-state index contributed by atoms with van der Waals surface area (Å²) in [7, 11) is 1.88. The number of aromatic nitrogens is 4. The van der Waals surface area contributed by atoms with Crippen molar-refractivity contribution in [1.82, 2.24) is 25.3 Å². The average molecular weight is 321 g/mol. The van der Waals surface area contributed by atoms with E-state index in [0.717, 1.165) is 16.5 Å². The number of aryl methyl sites for hydroxylation is 1. The van der Waals surface area contributed by atoms with Gasteiger partial charge in [0.2, 0.25) is 0 Å². The molecule has 0 atom stereocenters. The van der Waals surface area contributed by atoms with Gasteiger partial charge in [0.1, 0.15) is 5.69 Å². The van der Waals surface area contributed by atoms with Gasteiger partial charge in [-0.2, -0.15) is 10.2 Å². The molecule has 1 amide bonds. The normalized spacial score (nSPS) is 11.0. The van der Waals surface area contributed by atoms with Crippen molar-refractivity contribution in [2.75, 3.05) is 0 Å². The molecule has 4 aromatic rings. The zero-order chi connectivity index (χ0) is 16.5. The third-order valence-electron chi connectivity index (χ3n) is 3.74. The highest BCUT2D eigenvalue weighted by Gasteiger charge is 2.12. The molecule has 120 valence electrons. The summed E-state index contributed by atoms with van der Waals surface area (Å²) in [4.78, 5) is 12.2. The summed E-state index contributed by atoms with van der Waals surface area (Å²) < 4.78 is 7.04. The maximum atomic E-state index is 12.2. The minimum Gasteiger partial charge on any atom is -0.463 e. The van der Waals surface area contributed by atoms with E-state index in [0.29, 0.717) is 23.7 Å². The van der Waals surface area contributed by atoms with Gasteiger partial charge in [-0.05, 0) is 23.8 Å². The van der Waals surface area contributed by atoms with E-state index in [2.05, 4.69) is 20.6 Å². The third kappa shape index (κ3) is 2.67. The van der Waals surface area contributed by atoms with E-state index in [9.17, 15) is 4.79 Å². The van der Waals surface area contributed by atoms with Crippen LogP contribution in [0, 0.1) is 0 Å². The second kappa shape index (κ2) is 5.69. The number of rotatable bonds is 4. The van der Waals surface area contributed by atoms with Crippen molar-refractivity contribution >= 4 is 16.8 Å². The number of benzene rings is 1. The lowest BCUT2D eigenvalue weighted by molar-refractivity contribution is 0.0946. The summed E-state index contributed by atoms with van der Waals surface area (Å²) in [5.41, 5.74) is 2.88. The summed E-state index contributed by atoms with van der Waals surface area (Å²) in [6.07, 6.45) is 3.53. The van der Waals surface area contributed by atoms with Crippen LogP contribution in [0.3, 0.4) is 0 Å². The van der Waals surface area contributed by atoms with Crippen LogP contribution < -0.4 is 5.32 Å². The van der Waals surface area contributed by atoms with Gasteiger partial charge in [-0.1, -0.05) is 12.1 Å². The van der Waals surface area contributed by atoms with E-state index in [1.54, 1.807) is 29.1 Å². The quantitative estimate of drug-likeness (QED) is 0.604. The molecule has 0 radical (unpaired) electrons. The lowest BCUT2D eigenvalue weighted by Crippen LogP contribution is -2.23. The fourth-order valence-electron chi connectivity index (χ4n) is 2.56. The number of H-pyrrole nitrogens is 1. The molecular formula is C17H15N5O2. The molecular weight excluding hydrogens is 306 g/mol. The highest BCUT2D eigenvalue weighted by Crippen LogP contribution is 2.18. The molecule has 0 saturated carbocycles. The van der Waals surface area contributed by atoms with Crippen molar-refractivity contribution in [3.63, 3.8) is 0 Å². The fourth-order valence-corrected chi connectivity index (χ4v) is 2.56. The number of aromatic amines is 1. The summed E-state index contributed by atoms with van der Waals surface area (Å²) in [6.45, 7) is 0.411. The lowest BCUT2D eigenvalue weighted by atomic mass is 10.1. The van der Waals surface area contributed by atoms with E-state index in [-0.39, 0.29) is 5.91 Å². The van der Waals surface area contributed by atoms with Crippen molar-refractivity contribution in [3.8, 4) is 11.5 Å². The molecule has 24 heavy (non-hydrogen) atoms. The average Bonchev–Trinajstić information content (AvgIpc) is 3.30. The summed E-state index contributed by atoms with van der Waals surface area (Å²) in [5, 5.41) is 15.1. The minimum atomic E-state index is -0.245. The lowest BCUT2D eigenvalue weighted by Gasteiger charge is -2.03. The number of nitrogens with one attached hydrogen (secondary N) is 2. The molecule has 0 aliphatic carbocycles. The number of hydrogen-bond acceptors (Lipinski definition) is 4. The Labute approximate surface area is 137 Å². The maximum absolute atomic E-state index is 12.2. The number of furan rings is 1. The van der Waals surface area contributed by atoms with Gasteiger partial charge in [-0.15, -0.1) is 0 Å². The molecule has 4 rings (SSSR count). The smallest absolute Gasteiger partial charge is 0.272 e. The van der Waals surface area contributed by atoms with Crippen LogP contribution in [-0.2, 0) is 13.6 Å². The van der Waals surface area contributed by atoms with Gasteiger partial charge < -0.3 is 9.73 Å². The molecule has 0 unspecified atom stereocenters. The van der Waals surface area contributed by atoms with Crippen LogP contribution in [0.25, 0.3) is 22.4 Å². The highest BCUT2D eigenvalue weighted by atomic mass is 16.3. The molecule has 0 fully saturated rings. The topological polar surface area (TPSA) is 88.7 Å². The molecule has 2 N–H and O–H groups in total. The molecule has 1 aromatic carbocycles. The van der Waals surface area contributed by atoms with Crippen LogP contribution in [-0.4, -0.2) is 25.9 Å². The Morgan fingerprint density at radius 2 is 2.25 bits per heavy atom. The number of carbonyl (C=O) groups excluding carboxylic acids is 1. The first-order chi connectivity index (χ1) is 11.7. The summed E-state index contributed by atoms with van der Waals surface area (Å²) >= 11 is 0. The van der Waals surface area contributed by atoms with E-state index < -0.39 is 0 Å². The van der Waals surface area contributed by atoms with E-state index >= 15 is 0 Å². The van der Waals surface area contributed by atoms with Gasteiger partial charge in [-0.25, -0.2) is 0 Å². The molecule has 0 aliphatic rings. The van der Waals surface area contributed by atoms with E-state index in [4.69, 9.17) is 4.42 Å². The zero-order valence-electron chi connectivity index (χ0n) is 13.0. The second-order valence-electron chi connectivity index (χ2n) is 5.52. The van der Waals surface area contributed by atoms with Crippen LogP contribution in [0.15, 0.2) is 53.3 Å². The molecule has 0 aliphatic heterocycles. The maximum Gasteiger partial charge on any atom is 0.272 e. The van der Waals surface area contributed by atoms with Gasteiger partial charge in [0, 0.05) is 31.2 Å². The van der Waals surface area contributed by atoms with Gasteiger partial charge in [0.05, 0.1) is 11.8 Å². The Bertz CT molecular complexity index is 997. The Balaban J connectivity index is 1.45. The molecule has 7 nitrogen and oxygen atoms in total. The molecule has 0 saturated heterocycles. The number of nitrogens with zero attached hydrogens (tertiary/aromatic N) is 3. The van der Waals surface area contributed by atoms with Gasteiger partial charge in [0.25, 0.3) is 5.91 Å².